The van der Waals surface area contributed by atoms with Gasteiger partial charge in [-0.3, -0.25) is 9.80 Å². The van der Waals surface area contributed by atoms with Crippen LogP contribution in [0.4, 0.5) is 0 Å². The van der Waals surface area contributed by atoms with Crippen LogP contribution >= 0.6 is 11.6 Å². The van der Waals surface area contributed by atoms with Gasteiger partial charge in [-0.15, -0.1) is 0 Å². The first kappa shape index (κ1) is 15.5. The molecule has 4 rings (SSSR count). The second-order valence-electron chi connectivity index (χ2n) is 6.68. The summed E-state index contributed by atoms with van der Waals surface area (Å²) < 4.78 is 10.9. The van der Waals surface area contributed by atoms with E-state index in [2.05, 4.69) is 9.80 Å². The summed E-state index contributed by atoms with van der Waals surface area (Å²) in [4.78, 5) is 5.06. The molecule has 2 saturated heterocycles. The number of ether oxygens (including phenoxy) is 2. The number of hydrogen-bond donors (Lipinski definition) is 1. The van der Waals surface area contributed by atoms with Crippen LogP contribution in [0.2, 0.25) is 5.02 Å². The van der Waals surface area contributed by atoms with Crippen LogP contribution in [0.15, 0.2) is 12.1 Å². The van der Waals surface area contributed by atoms with Gasteiger partial charge in [0.05, 0.1) is 0 Å². The number of halogens is 1. The van der Waals surface area contributed by atoms with E-state index in [1.807, 2.05) is 12.1 Å². The van der Waals surface area contributed by atoms with E-state index in [4.69, 9.17) is 21.1 Å². The summed E-state index contributed by atoms with van der Waals surface area (Å²) >= 11 is 6.44. The molecule has 0 aromatic heterocycles. The Hall–Kier alpha value is -1.01. The van der Waals surface area contributed by atoms with Crippen LogP contribution in [-0.2, 0) is 6.54 Å². The molecule has 3 aliphatic rings. The molecule has 3 aliphatic heterocycles. The van der Waals surface area contributed by atoms with Crippen LogP contribution in [0.3, 0.4) is 0 Å². The van der Waals surface area contributed by atoms with Gasteiger partial charge < -0.3 is 14.6 Å². The molecule has 0 spiro atoms. The number of hydrogen-bond acceptors (Lipinski definition) is 5. The molecule has 1 unspecified atom stereocenters. The predicted molar refractivity (Wildman–Crippen MR) is 88.1 cm³/mol. The summed E-state index contributed by atoms with van der Waals surface area (Å²) in [6.45, 7) is 4.59. The van der Waals surface area contributed by atoms with E-state index in [1.165, 1.54) is 19.4 Å². The van der Waals surface area contributed by atoms with Gasteiger partial charge in [-0.25, -0.2) is 0 Å². The molecule has 1 N–H and O–H groups in total. The molecule has 0 radical (unpaired) electrons. The van der Waals surface area contributed by atoms with E-state index >= 15 is 0 Å². The Bertz CT molecular complexity index is 583. The van der Waals surface area contributed by atoms with E-state index in [1.54, 1.807) is 0 Å². The van der Waals surface area contributed by atoms with Crippen LogP contribution in [0.25, 0.3) is 0 Å². The zero-order valence-electron chi connectivity index (χ0n) is 13.2. The lowest BCUT2D eigenvalue weighted by Crippen LogP contribution is -2.55. The minimum Gasteiger partial charge on any atom is -0.454 e. The monoisotopic (exact) mass is 338 g/mol. The van der Waals surface area contributed by atoms with Crippen LogP contribution in [0.5, 0.6) is 11.5 Å². The summed E-state index contributed by atoms with van der Waals surface area (Å²) in [5.74, 6) is 1.51. The Balaban J connectivity index is 1.54. The molecule has 3 heterocycles. The topological polar surface area (TPSA) is 45.2 Å². The molecule has 0 saturated carbocycles. The Morgan fingerprint density at radius 3 is 2.87 bits per heavy atom. The van der Waals surface area contributed by atoms with Crippen molar-refractivity contribution in [3.63, 3.8) is 0 Å². The van der Waals surface area contributed by atoms with Gasteiger partial charge in [0, 0.05) is 49.4 Å². The van der Waals surface area contributed by atoms with Gasteiger partial charge in [0.15, 0.2) is 11.5 Å². The van der Waals surface area contributed by atoms with Crippen molar-refractivity contribution in [1.29, 1.82) is 0 Å². The lowest BCUT2D eigenvalue weighted by Gasteiger charge is -2.43. The minimum absolute atomic E-state index is 0.231. The Morgan fingerprint density at radius 2 is 2.04 bits per heavy atom. The average Bonchev–Trinajstić information content (AvgIpc) is 3.16. The maximum atomic E-state index is 9.42. The van der Waals surface area contributed by atoms with E-state index in [0.717, 1.165) is 48.1 Å². The standard InChI is InChI=1S/C17H23ClN2O3/c18-15-7-17-16(22-11-23-17)6-12(15)8-20-10-13-2-1-4-19(13)9-14(20)3-5-21/h6-7,13-14,21H,1-5,8-11H2/t13?,14-/m0/s1. The van der Waals surface area contributed by atoms with Crippen molar-refractivity contribution in [2.45, 2.75) is 37.9 Å². The fraction of sp³-hybridized carbons (Fsp3) is 0.647. The molecule has 23 heavy (non-hydrogen) atoms. The molecule has 2 atom stereocenters. The van der Waals surface area contributed by atoms with Crippen molar-refractivity contribution in [3.8, 4) is 11.5 Å². The quantitative estimate of drug-likeness (QED) is 0.911. The second kappa shape index (κ2) is 6.48. The maximum absolute atomic E-state index is 9.42. The van der Waals surface area contributed by atoms with Crippen LogP contribution in [0, 0.1) is 0 Å². The molecular weight excluding hydrogens is 316 g/mol. The molecule has 5 nitrogen and oxygen atoms in total. The lowest BCUT2D eigenvalue weighted by atomic mass is 10.0. The SMILES string of the molecule is OCC[C@H]1CN2CCCC2CN1Cc1cc2c(cc1Cl)OCO2. The molecule has 1 aromatic carbocycles. The van der Waals surface area contributed by atoms with E-state index in [0.29, 0.717) is 12.1 Å². The zero-order valence-corrected chi connectivity index (χ0v) is 14.0. The largest absolute Gasteiger partial charge is 0.454 e. The van der Waals surface area contributed by atoms with Gasteiger partial charge in [0.2, 0.25) is 6.79 Å². The average molecular weight is 339 g/mol. The lowest BCUT2D eigenvalue weighted by molar-refractivity contribution is 0.0333. The molecular formula is C17H23ClN2O3. The van der Waals surface area contributed by atoms with Gasteiger partial charge in [0.1, 0.15) is 0 Å². The van der Waals surface area contributed by atoms with E-state index in [9.17, 15) is 5.11 Å². The highest BCUT2D eigenvalue weighted by molar-refractivity contribution is 6.31. The number of aliphatic hydroxyl groups excluding tert-OH is 1. The summed E-state index contributed by atoms with van der Waals surface area (Å²) in [5, 5.41) is 10.1. The molecule has 2 fully saturated rings. The van der Waals surface area contributed by atoms with Gasteiger partial charge in [-0.1, -0.05) is 11.6 Å². The molecule has 0 bridgehead atoms. The number of nitrogens with zero attached hydrogens (tertiary/aromatic N) is 2. The summed E-state index contributed by atoms with van der Waals surface area (Å²) in [5.41, 5.74) is 1.07. The Morgan fingerprint density at radius 1 is 1.22 bits per heavy atom. The predicted octanol–water partition coefficient (Wildman–Crippen LogP) is 2.10. The number of aliphatic hydroxyl groups is 1. The molecule has 6 heteroatoms. The number of benzene rings is 1. The van der Waals surface area contributed by atoms with Crippen molar-refractivity contribution in [2.75, 3.05) is 33.0 Å². The summed E-state index contributed by atoms with van der Waals surface area (Å²) in [7, 11) is 0. The number of rotatable bonds is 4. The third-order valence-electron chi connectivity index (χ3n) is 5.28. The molecule has 1 aromatic rings. The van der Waals surface area contributed by atoms with E-state index < -0.39 is 0 Å². The normalized spacial score (nSPS) is 27.4. The van der Waals surface area contributed by atoms with Crippen molar-refractivity contribution < 1.29 is 14.6 Å². The van der Waals surface area contributed by atoms with Crippen molar-refractivity contribution in [2.24, 2.45) is 0 Å². The fourth-order valence-corrected chi connectivity index (χ4v) is 4.28. The number of fused-ring (bicyclic) bond motifs is 2. The minimum atomic E-state index is 0.231. The second-order valence-corrected chi connectivity index (χ2v) is 7.09. The van der Waals surface area contributed by atoms with Gasteiger partial charge in [0.25, 0.3) is 0 Å². The Labute approximate surface area is 141 Å². The van der Waals surface area contributed by atoms with Gasteiger partial charge >= 0.3 is 0 Å². The fourth-order valence-electron chi connectivity index (χ4n) is 4.06. The smallest absolute Gasteiger partial charge is 0.231 e. The molecule has 0 aliphatic carbocycles. The Kier molecular flexibility index (Phi) is 4.37. The third-order valence-corrected chi connectivity index (χ3v) is 5.64. The highest BCUT2D eigenvalue weighted by Gasteiger charge is 2.36. The summed E-state index contributed by atoms with van der Waals surface area (Å²) in [6, 6.07) is 4.89. The first-order valence-corrected chi connectivity index (χ1v) is 8.79. The van der Waals surface area contributed by atoms with Crippen molar-refractivity contribution >= 4 is 11.6 Å². The summed E-state index contributed by atoms with van der Waals surface area (Å²) in [6.07, 6.45) is 3.37. The van der Waals surface area contributed by atoms with Crippen molar-refractivity contribution in [3.05, 3.63) is 22.7 Å². The first-order chi connectivity index (χ1) is 11.2. The molecule has 126 valence electrons. The van der Waals surface area contributed by atoms with Crippen LogP contribution in [-0.4, -0.2) is 60.0 Å². The van der Waals surface area contributed by atoms with Gasteiger partial charge in [-0.2, -0.15) is 0 Å². The first-order valence-electron chi connectivity index (χ1n) is 8.41. The highest BCUT2D eigenvalue weighted by atomic mass is 35.5. The third kappa shape index (κ3) is 3.03. The highest BCUT2D eigenvalue weighted by Crippen LogP contribution is 2.38. The van der Waals surface area contributed by atoms with Crippen LogP contribution in [0.1, 0.15) is 24.8 Å². The number of piperazine rings is 1. The maximum Gasteiger partial charge on any atom is 0.231 e. The van der Waals surface area contributed by atoms with E-state index in [-0.39, 0.29) is 13.4 Å². The van der Waals surface area contributed by atoms with Crippen LogP contribution < -0.4 is 9.47 Å². The van der Waals surface area contributed by atoms with Gasteiger partial charge in [-0.05, 0) is 37.4 Å². The molecule has 0 amide bonds. The zero-order chi connectivity index (χ0) is 15.8. The van der Waals surface area contributed by atoms with Crippen molar-refractivity contribution in [1.82, 2.24) is 9.80 Å².